The Morgan fingerprint density at radius 3 is 2.77 bits per heavy atom. The molecule has 0 aliphatic rings. The van der Waals surface area contributed by atoms with Crippen LogP contribution in [0.4, 0.5) is 0 Å². The number of benzene rings is 1. The van der Waals surface area contributed by atoms with Crippen molar-refractivity contribution < 1.29 is 14.0 Å². The van der Waals surface area contributed by atoms with Crippen molar-refractivity contribution in [2.45, 2.75) is 0 Å². The van der Waals surface area contributed by atoms with Crippen molar-refractivity contribution in [2.75, 3.05) is 0 Å². The molecule has 0 aliphatic heterocycles. The first-order valence-electron chi connectivity index (χ1n) is 3.64. The predicted molar refractivity (Wildman–Crippen MR) is 44.8 cm³/mol. The van der Waals surface area contributed by atoms with Crippen LogP contribution in [0.15, 0.2) is 22.6 Å². The Balaban J connectivity index is 2.69. The second kappa shape index (κ2) is 2.82. The van der Waals surface area contributed by atoms with Gasteiger partial charge in [-0.3, -0.25) is 9.59 Å². The SMILES string of the molecule is O=Cc1ccc2nc(C=O)oc2c1. The summed E-state index contributed by atoms with van der Waals surface area (Å²) in [6, 6.07) is 4.80. The van der Waals surface area contributed by atoms with Gasteiger partial charge in [0, 0.05) is 5.56 Å². The average molecular weight is 175 g/mol. The lowest BCUT2D eigenvalue weighted by atomic mass is 10.2. The van der Waals surface area contributed by atoms with Crippen LogP contribution in [0.1, 0.15) is 21.0 Å². The van der Waals surface area contributed by atoms with Crippen LogP contribution in [0.5, 0.6) is 0 Å². The second-order valence-electron chi connectivity index (χ2n) is 2.51. The van der Waals surface area contributed by atoms with Gasteiger partial charge in [0.1, 0.15) is 11.8 Å². The third-order valence-corrected chi connectivity index (χ3v) is 1.67. The summed E-state index contributed by atoms with van der Waals surface area (Å²) in [5.74, 6) is 0.0260. The molecule has 0 unspecified atom stereocenters. The van der Waals surface area contributed by atoms with E-state index in [0.29, 0.717) is 29.2 Å². The number of aromatic nitrogens is 1. The van der Waals surface area contributed by atoms with Gasteiger partial charge in [0.15, 0.2) is 5.58 Å². The number of carbonyl (C=O) groups is 2. The standard InChI is InChI=1S/C9H5NO3/c11-4-6-1-2-7-8(3-6)13-9(5-12)10-7/h1-5H. The van der Waals surface area contributed by atoms with Gasteiger partial charge in [-0.05, 0) is 18.2 Å². The van der Waals surface area contributed by atoms with Crippen molar-refractivity contribution in [1.29, 1.82) is 0 Å². The maximum absolute atomic E-state index is 10.4. The van der Waals surface area contributed by atoms with E-state index in [-0.39, 0.29) is 5.89 Å². The van der Waals surface area contributed by atoms with Crippen LogP contribution in [0.3, 0.4) is 0 Å². The molecule has 4 nitrogen and oxygen atoms in total. The molecule has 0 saturated heterocycles. The van der Waals surface area contributed by atoms with Crippen LogP contribution in [0, 0.1) is 0 Å². The molecule has 0 fully saturated rings. The van der Waals surface area contributed by atoms with Gasteiger partial charge in [-0.1, -0.05) is 0 Å². The largest absolute Gasteiger partial charge is 0.434 e. The summed E-state index contributed by atoms with van der Waals surface area (Å²) >= 11 is 0. The molecular weight excluding hydrogens is 170 g/mol. The molecule has 1 heterocycles. The van der Waals surface area contributed by atoms with Gasteiger partial charge < -0.3 is 4.42 Å². The highest BCUT2D eigenvalue weighted by Crippen LogP contribution is 2.15. The zero-order valence-electron chi connectivity index (χ0n) is 6.56. The molecule has 0 spiro atoms. The zero-order chi connectivity index (χ0) is 9.26. The quantitative estimate of drug-likeness (QED) is 0.648. The molecule has 0 N–H and O–H groups in total. The number of oxazole rings is 1. The Bertz CT molecular complexity index is 467. The number of fused-ring (bicyclic) bond motifs is 1. The van der Waals surface area contributed by atoms with Crippen molar-refractivity contribution in [3.05, 3.63) is 29.7 Å². The number of aldehydes is 2. The van der Waals surface area contributed by atoms with Crippen LogP contribution in [-0.4, -0.2) is 17.6 Å². The van der Waals surface area contributed by atoms with E-state index in [1.807, 2.05) is 0 Å². The minimum atomic E-state index is 0.0260. The highest BCUT2D eigenvalue weighted by molar-refractivity contribution is 5.85. The first kappa shape index (κ1) is 7.67. The first-order valence-corrected chi connectivity index (χ1v) is 3.64. The maximum atomic E-state index is 10.4. The summed E-state index contributed by atoms with van der Waals surface area (Å²) in [6.45, 7) is 0. The van der Waals surface area contributed by atoms with Gasteiger partial charge in [0.25, 0.3) is 5.89 Å². The monoisotopic (exact) mass is 175 g/mol. The Morgan fingerprint density at radius 2 is 2.08 bits per heavy atom. The minimum absolute atomic E-state index is 0.0260. The van der Waals surface area contributed by atoms with Gasteiger partial charge in [-0.15, -0.1) is 0 Å². The van der Waals surface area contributed by atoms with Crippen LogP contribution >= 0.6 is 0 Å². The molecule has 0 atom stereocenters. The van der Waals surface area contributed by atoms with Gasteiger partial charge in [-0.25, -0.2) is 4.98 Å². The lowest BCUT2D eigenvalue weighted by Crippen LogP contribution is -1.77. The van der Waals surface area contributed by atoms with Crippen molar-refractivity contribution in [3.63, 3.8) is 0 Å². The predicted octanol–water partition coefficient (Wildman–Crippen LogP) is 1.45. The van der Waals surface area contributed by atoms with E-state index in [1.165, 1.54) is 0 Å². The molecule has 1 aromatic heterocycles. The first-order chi connectivity index (χ1) is 6.33. The molecule has 64 valence electrons. The molecule has 1 aromatic carbocycles. The lowest BCUT2D eigenvalue weighted by molar-refractivity contribution is 0.109. The number of carbonyl (C=O) groups excluding carboxylic acids is 2. The minimum Gasteiger partial charge on any atom is -0.434 e. The van der Waals surface area contributed by atoms with Crippen molar-refractivity contribution in [2.24, 2.45) is 0 Å². The van der Waals surface area contributed by atoms with E-state index in [2.05, 4.69) is 4.98 Å². The topological polar surface area (TPSA) is 60.2 Å². The van der Waals surface area contributed by atoms with Gasteiger partial charge >= 0.3 is 0 Å². The molecule has 4 heteroatoms. The second-order valence-corrected chi connectivity index (χ2v) is 2.51. The fraction of sp³-hybridized carbons (Fsp3) is 0. The number of rotatable bonds is 2. The van der Waals surface area contributed by atoms with Crippen LogP contribution in [0.2, 0.25) is 0 Å². The molecule has 13 heavy (non-hydrogen) atoms. The fourth-order valence-corrected chi connectivity index (χ4v) is 1.08. The molecule has 0 bridgehead atoms. The average Bonchev–Trinajstić information content (AvgIpc) is 2.58. The van der Waals surface area contributed by atoms with Gasteiger partial charge in [-0.2, -0.15) is 0 Å². The summed E-state index contributed by atoms with van der Waals surface area (Å²) in [7, 11) is 0. The molecule has 2 rings (SSSR count). The lowest BCUT2D eigenvalue weighted by Gasteiger charge is -1.86. The Hall–Kier alpha value is -1.97. The van der Waals surface area contributed by atoms with Crippen LogP contribution in [-0.2, 0) is 0 Å². The Kier molecular flexibility index (Phi) is 1.66. The van der Waals surface area contributed by atoms with E-state index in [0.717, 1.165) is 0 Å². The number of hydrogen-bond acceptors (Lipinski definition) is 4. The molecule has 0 radical (unpaired) electrons. The van der Waals surface area contributed by atoms with E-state index >= 15 is 0 Å². The van der Waals surface area contributed by atoms with Crippen molar-refractivity contribution >= 4 is 23.7 Å². The summed E-state index contributed by atoms with van der Waals surface area (Å²) in [5, 5.41) is 0. The van der Waals surface area contributed by atoms with Crippen molar-refractivity contribution in [3.8, 4) is 0 Å². The highest BCUT2D eigenvalue weighted by atomic mass is 16.4. The molecule has 0 saturated carbocycles. The summed E-state index contributed by atoms with van der Waals surface area (Å²) in [5.41, 5.74) is 1.53. The van der Waals surface area contributed by atoms with E-state index in [1.54, 1.807) is 18.2 Å². The summed E-state index contributed by atoms with van der Waals surface area (Å²) in [6.07, 6.45) is 1.24. The summed E-state index contributed by atoms with van der Waals surface area (Å²) < 4.78 is 5.02. The van der Waals surface area contributed by atoms with E-state index in [9.17, 15) is 9.59 Å². The smallest absolute Gasteiger partial charge is 0.260 e. The highest BCUT2D eigenvalue weighted by Gasteiger charge is 2.04. The Labute approximate surface area is 73.2 Å². The van der Waals surface area contributed by atoms with Crippen LogP contribution in [0.25, 0.3) is 11.1 Å². The molecule has 2 aromatic rings. The van der Waals surface area contributed by atoms with Gasteiger partial charge in [0.2, 0.25) is 6.29 Å². The molecule has 0 aliphatic carbocycles. The summed E-state index contributed by atoms with van der Waals surface area (Å²) in [4.78, 5) is 24.6. The Morgan fingerprint density at radius 1 is 1.23 bits per heavy atom. The zero-order valence-corrected chi connectivity index (χ0v) is 6.56. The number of nitrogens with zero attached hydrogens (tertiary/aromatic N) is 1. The molecular formula is C9H5NO3. The third kappa shape index (κ3) is 1.22. The van der Waals surface area contributed by atoms with Crippen LogP contribution < -0.4 is 0 Å². The van der Waals surface area contributed by atoms with E-state index in [4.69, 9.17) is 4.42 Å². The number of hydrogen-bond donors (Lipinski definition) is 0. The van der Waals surface area contributed by atoms with Gasteiger partial charge in [0.05, 0.1) is 0 Å². The molecule has 0 amide bonds. The fourth-order valence-electron chi connectivity index (χ4n) is 1.08. The maximum Gasteiger partial charge on any atom is 0.260 e. The third-order valence-electron chi connectivity index (χ3n) is 1.67. The van der Waals surface area contributed by atoms with Crippen molar-refractivity contribution in [1.82, 2.24) is 4.98 Å². The van der Waals surface area contributed by atoms with E-state index < -0.39 is 0 Å². The normalized spacial score (nSPS) is 10.2.